The molecule has 3 nitrogen and oxygen atoms in total. The lowest BCUT2D eigenvalue weighted by molar-refractivity contribution is -0.138. The highest BCUT2D eigenvalue weighted by atomic mass is 32.1. The molecule has 1 unspecified atom stereocenters. The molecule has 2 rings (SSSR count). The standard InChI is InChI=1S/C13H22N2OS/c1-3-13(2,11(14)17)12(16)15(10-6-7-10)8-9-4-5-9/h9-10H,3-8H2,1-2H3,(H2,14,17). The van der Waals surface area contributed by atoms with Gasteiger partial charge in [-0.2, -0.15) is 0 Å². The van der Waals surface area contributed by atoms with Crippen molar-refractivity contribution in [1.29, 1.82) is 0 Å². The smallest absolute Gasteiger partial charge is 0.235 e. The second-order valence-corrected chi connectivity index (χ2v) is 6.12. The molecule has 2 N–H and O–H groups in total. The highest BCUT2D eigenvalue weighted by Crippen LogP contribution is 2.38. The Morgan fingerprint density at radius 1 is 1.41 bits per heavy atom. The van der Waals surface area contributed by atoms with Gasteiger partial charge in [0.05, 0.1) is 10.4 Å². The van der Waals surface area contributed by atoms with Crippen molar-refractivity contribution in [2.75, 3.05) is 6.54 Å². The van der Waals surface area contributed by atoms with Crippen molar-refractivity contribution in [3.63, 3.8) is 0 Å². The molecule has 17 heavy (non-hydrogen) atoms. The summed E-state index contributed by atoms with van der Waals surface area (Å²) >= 11 is 5.09. The highest BCUT2D eigenvalue weighted by molar-refractivity contribution is 7.80. The molecule has 2 fully saturated rings. The van der Waals surface area contributed by atoms with Crippen molar-refractivity contribution in [3.8, 4) is 0 Å². The Morgan fingerprint density at radius 3 is 2.35 bits per heavy atom. The van der Waals surface area contributed by atoms with Gasteiger partial charge < -0.3 is 10.6 Å². The highest BCUT2D eigenvalue weighted by Gasteiger charge is 2.44. The van der Waals surface area contributed by atoms with Crippen LogP contribution in [0.15, 0.2) is 0 Å². The molecule has 2 saturated carbocycles. The second-order valence-electron chi connectivity index (χ2n) is 5.68. The van der Waals surface area contributed by atoms with E-state index in [0.29, 0.717) is 17.5 Å². The lowest BCUT2D eigenvalue weighted by Crippen LogP contribution is -2.50. The van der Waals surface area contributed by atoms with Crippen LogP contribution in [0.5, 0.6) is 0 Å². The Balaban J connectivity index is 2.10. The molecule has 1 amide bonds. The molecule has 0 heterocycles. The summed E-state index contributed by atoms with van der Waals surface area (Å²) in [7, 11) is 0. The SMILES string of the molecule is CCC(C)(C(=O)N(CC1CC1)C1CC1)C(N)=S. The van der Waals surface area contributed by atoms with E-state index in [4.69, 9.17) is 18.0 Å². The molecule has 2 aliphatic carbocycles. The van der Waals surface area contributed by atoms with Crippen LogP contribution < -0.4 is 5.73 Å². The van der Waals surface area contributed by atoms with Crippen LogP contribution in [0, 0.1) is 11.3 Å². The molecule has 1 atom stereocenters. The predicted molar refractivity (Wildman–Crippen MR) is 72.6 cm³/mol. The molecule has 0 aliphatic heterocycles. The summed E-state index contributed by atoms with van der Waals surface area (Å²) in [5.74, 6) is 0.883. The Labute approximate surface area is 109 Å². The summed E-state index contributed by atoms with van der Waals surface area (Å²) in [6.45, 7) is 4.79. The lowest BCUT2D eigenvalue weighted by Gasteiger charge is -2.33. The first-order valence-corrected chi connectivity index (χ1v) is 7.01. The Bertz CT molecular complexity index is 336. The number of rotatable bonds is 6. The van der Waals surface area contributed by atoms with Crippen LogP contribution >= 0.6 is 12.2 Å². The van der Waals surface area contributed by atoms with Crippen molar-refractivity contribution >= 4 is 23.1 Å². The van der Waals surface area contributed by atoms with Crippen LogP contribution in [0.4, 0.5) is 0 Å². The number of nitrogens with zero attached hydrogens (tertiary/aromatic N) is 1. The van der Waals surface area contributed by atoms with Gasteiger partial charge in [0.1, 0.15) is 0 Å². The largest absolute Gasteiger partial charge is 0.392 e. The van der Waals surface area contributed by atoms with E-state index in [2.05, 4.69) is 4.90 Å². The van der Waals surface area contributed by atoms with Crippen molar-refractivity contribution in [2.24, 2.45) is 17.1 Å². The average Bonchev–Trinajstić information content (AvgIpc) is 3.15. The van der Waals surface area contributed by atoms with Crippen molar-refractivity contribution in [3.05, 3.63) is 0 Å². The van der Waals surface area contributed by atoms with E-state index < -0.39 is 5.41 Å². The first-order chi connectivity index (χ1) is 7.99. The first kappa shape index (κ1) is 12.8. The molecular weight excluding hydrogens is 232 g/mol. The van der Waals surface area contributed by atoms with Crippen LogP contribution in [-0.4, -0.2) is 28.4 Å². The van der Waals surface area contributed by atoms with Gasteiger partial charge in [-0.25, -0.2) is 0 Å². The van der Waals surface area contributed by atoms with Crippen LogP contribution in [0.2, 0.25) is 0 Å². The van der Waals surface area contributed by atoms with Crippen LogP contribution in [0.3, 0.4) is 0 Å². The number of nitrogens with two attached hydrogens (primary N) is 1. The third-order valence-corrected chi connectivity index (χ3v) is 4.57. The molecule has 0 radical (unpaired) electrons. The fourth-order valence-electron chi connectivity index (χ4n) is 2.11. The molecule has 0 aromatic carbocycles. The summed E-state index contributed by atoms with van der Waals surface area (Å²) in [5, 5.41) is 0. The number of hydrogen-bond acceptors (Lipinski definition) is 2. The predicted octanol–water partition coefficient (Wildman–Crippen LogP) is 2.09. The van der Waals surface area contributed by atoms with E-state index in [1.165, 1.54) is 12.8 Å². The van der Waals surface area contributed by atoms with E-state index >= 15 is 0 Å². The molecule has 0 aromatic heterocycles. The molecular formula is C13H22N2OS. The van der Waals surface area contributed by atoms with E-state index in [1.54, 1.807) is 0 Å². The summed E-state index contributed by atoms with van der Waals surface area (Å²) in [6.07, 6.45) is 5.53. The minimum Gasteiger partial charge on any atom is -0.392 e. The van der Waals surface area contributed by atoms with Gasteiger partial charge in [-0.3, -0.25) is 4.79 Å². The fraction of sp³-hybridized carbons (Fsp3) is 0.846. The Morgan fingerprint density at radius 2 is 2.00 bits per heavy atom. The van der Waals surface area contributed by atoms with Gasteiger partial charge in [0.25, 0.3) is 0 Å². The molecule has 4 heteroatoms. The minimum absolute atomic E-state index is 0.155. The third kappa shape index (κ3) is 2.62. The van der Waals surface area contributed by atoms with E-state index in [-0.39, 0.29) is 5.91 Å². The van der Waals surface area contributed by atoms with Crippen LogP contribution in [0.1, 0.15) is 46.0 Å². The molecule has 0 spiro atoms. The normalized spacial score (nSPS) is 22.9. The number of amides is 1. The molecule has 2 aliphatic rings. The minimum atomic E-state index is -0.646. The second kappa shape index (κ2) is 4.56. The summed E-state index contributed by atoms with van der Waals surface area (Å²) in [5.41, 5.74) is 5.13. The summed E-state index contributed by atoms with van der Waals surface area (Å²) in [6, 6.07) is 0.461. The van der Waals surface area contributed by atoms with Crippen molar-refractivity contribution in [2.45, 2.75) is 52.0 Å². The molecule has 0 bridgehead atoms. The fourth-order valence-corrected chi connectivity index (χ4v) is 2.34. The number of carbonyl (C=O) groups excluding carboxylic acids is 1. The van der Waals surface area contributed by atoms with Gasteiger partial charge in [-0.15, -0.1) is 0 Å². The van der Waals surface area contributed by atoms with Crippen LogP contribution in [-0.2, 0) is 4.79 Å². The van der Waals surface area contributed by atoms with Crippen molar-refractivity contribution < 1.29 is 4.79 Å². The zero-order valence-electron chi connectivity index (χ0n) is 10.7. The summed E-state index contributed by atoms with van der Waals surface area (Å²) in [4.78, 5) is 15.0. The van der Waals surface area contributed by atoms with E-state index in [1.807, 2.05) is 13.8 Å². The number of thiocarbonyl (C=S) groups is 1. The lowest BCUT2D eigenvalue weighted by atomic mass is 9.85. The van der Waals surface area contributed by atoms with Crippen molar-refractivity contribution in [1.82, 2.24) is 4.90 Å². The van der Waals surface area contributed by atoms with E-state index in [9.17, 15) is 4.79 Å². The zero-order chi connectivity index (χ0) is 12.6. The maximum atomic E-state index is 12.6. The molecule has 96 valence electrons. The van der Waals surface area contributed by atoms with E-state index in [0.717, 1.165) is 25.3 Å². The first-order valence-electron chi connectivity index (χ1n) is 6.60. The monoisotopic (exact) mass is 254 g/mol. The summed E-state index contributed by atoms with van der Waals surface area (Å²) < 4.78 is 0. The average molecular weight is 254 g/mol. The topological polar surface area (TPSA) is 46.3 Å². The maximum Gasteiger partial charge on any atom is 0.235 e. The maximum absolute atomic E-state index is 12.6. The van der Waals surface area contributed by atoms with Gasteiger partial charge in [-0.05, 0) is 44.9 Å². The van der Waals surface area contributed by atoms with Gasteiger partial charge in [0.2, 0.25) is 5.91 Å². The van der Waals surface area contributed by atoms with Gasteiger partial charge in [0.15, 0.2) is 0 Å². The van der Waals surface area contributed by atoms with Gasteiger partial charge in [-0.1, -0.05) is 19.1 Å². The van der Waals surface area contributed by atoms with Gasteiger partial charge in [0, 0.05) is 12.6 Å². The van der Waals surface area contributed by atoms with Crippen LogP contribution in [0.25, 0.3) is 0 Å². The number of carbonyl (C=O) groups is 1. The quantitative estimate of drug-likeness (QED) is 0.738. The third-order valence-electron chi connectivity index (χ3n) is 4.12. The Kier molecular flexibility index (Phi) is 3.43. The van der Waals surface area contributed by atoms with Gasteiger partial charge >= 0.3 is 0 Å². The molecule has 0 saturated heterocycles. The molecule has 0 aromatic rings. The zero-order valence-corrected chi connectivity index (χ0v) is 11.6. The Hall–Kier alpha value is -0.640. The number of hydrogen-bond donors (Lipinski definition) is 1.